The molecule has 76 valence electrons. The lowest BCUT2D eigenvalue weighted by molar-refractivity contribution is 0.0687. The fourth-order valence-electron chi connectivity index (χ4n) is 1.08. The highest BCUT2D eigenvalue weighted by Crippen LogP contribution is 2.14. The molecule has 0 bridgehead atoms. The van der Waals surface area contributed by atoms with E-state index in [0.717, 1.165) is 0 Å². The van der Waals surface area contributed by atoms with E-state index >= 15 is 0 Å². The van der Waals surface area contributed by atoms with Crippen molar-refractivity contribution >= 4 is 21.9 Å². The van der Waals surface area contributed by atoms with E-state index in [-0.39, 0.29) is 5.69 Å². The summed E-state index contributed by atoms with van der Waals surface area (Å²) in [6.07, 6.45) is 4.41. The molecule has 0 aromatic carbocycles. The molecule has 0 amide bonds. The number of hydrogen-bond donors (Lipinski definition) is 1. The maximum absolute atomic E-state index is 10.9. The van der Waals surface area contributed by atoms with Gasteiger partial charge in [-0.1, -0.05) is 0 Å². The molecule has 0 spiro atoms. The Morgan fingerprint density at radius 2 is 2.27 bits per heavy atom. The van der Waals surface area contributed by atoms with Crippen molar-refractivity contribution in [1.29, 1.82) is 0 Å². The van der Waals surface area contributed by atoms with E-state index in [9.17, 15) is 4.79 Å². The molecule has 1 N–H and O–H groups in total. The summed E-state index contributed by atoms with van der Waals surface area (Å²) in [6, 6.07) is 1.40. The van der Waals surface area contributed by atoms with Gasteiger partial charge >= 0.3 is 5.97 Å². The second kappa shape index (κ2) is 3.77. The van der Waals surface area contributed by atoms with Gasteiger partial charge in [0.15, 0.2) is 11.5 Å². The van der Waals surface area contributed by atoms with E-state index in [4.69, 9.17) is 5.11 Å². The van der Waals surface area contributed by atoms with E-state index in [0.29, 0.717) is 10.4 Å². The van der Waals surface area contributed by atoms with Gasteiger partial charge in [-0.05, 0) is 15.9 Å². The molecular formula is C8H5BrN4O2. The van der Waals surface area contributed by atoms with Crippen LogP contribution in [0.25, 0.3) is 5.82 Å². The number of hydrogen-bond acceptors (Lipinski definition) is 4. The second-order valence-corrected chi connectivity index (χ2v) is 3.45. The summed E-state index contributed by atoms with van der Waals surface area (Å²) in [4.78, 5) is 18.7. The number of aromatic carboxylic acids is 1. The van der Waals surface area contributed by atoms with Crippen LogP contribution in [0.4, 0.5) is 0 Å². The van der Waals surface area contributed by atoms with Crippen LogP contribution in [0.5, 0.6) is 0 Å². The number of carboxylic acids is 1. The molecule has 0 atom stereocenters. The van der Waals surface area contributed by atoms with Gasteiger partial charge in [0, 0.05) is 18.5 Å². The van der Waals surface area contributed by atoms with E-state index in [1.54, 1.807) is 0 Å². The summed E-state index contributed by atoms with van der Waals surface area (Å²) < 4.78 is 1.64. The molecule has 0 aliphatic heterocycles. The Hall–Kier alpha value is -1.76. The molecule has 7 heteroatoms. The highest BCUT2D eigenvalue weighted by Gasteiger charge is 2.15. The molecule has 0 fully saturated rings. The van der Waals surface area contributed by atoms with Crippen molar-refractivity contribution in [3.63, 3.8) is 0 Å². The van der Waals surface area contributed by atoms with Gasteiger partial charge in [0.25, 0.3) is 0 Å². The number of aromatic nitrogens is 4. The summed E-state index contributed by atoms with van der Waals surface area (Å²) in [5.41, 5.74) is 0.0300. The zero-order valence-corrected chi connectivity index (χ0v) is 8.92. The maximum Gasteiger partial charge on any atom is 0.354 e. The lowest BCUT2D eigenvalue weighted by atomic mass is 10.4. The van der Waals surface area contributed by atoms with Crippen molar-refractivity contribution in [2.75, 3.05) is 0 Å². The summed E-state index contributed by atoms with van der Waals surface area (Å²) >= 11 is 3.11. The summed E-state index contributed by atoms with van der Waals surface area (Å²) in [6.45, 7) is 0. The summed E-state index contributed by atoms with van der Waals surface area (Å²) in [5, 5.41) is 12.9. The van der Waals surface area contributed by atoms with Crippen LogP contribution < -0.4 is 0 Å². The van der Waals surface area contributed by atoms with Crippen molar-refractivity contribution in [2.24, 2.45) is 0 Å². The predicted molar refractivity (Wildman–Crippen MR) is 53.8 cm³/mol. The number of rotatable bonds is 2. The molecule has 2 rings (SSSR count). The Labute approximate surface area is 92.7 Å². The zero-order chi connectivity index (χ0) is 10.8. The minimum Gasteiger partial charge on any atom is -0.477 e. The average Bonchev–Trinajstić information content (AvgIpc) is 2.62. The van der Waals surface area contributed by atoms with Gasteiger partial charge in [-0.15, -0.1) is 0 Å². The van der Waals surface area contributed by atoms with Crippen LogP contribution in [-0.4, -0.2) is 30.8 Å². The fraction of sp³-hybridized carbons (Fsp3) is 0. The van der Waals surface area contributed by atoms with Gasteiger partial charge in [0.1, 0.15) is 4.60 Å². The van der Waals surface area contributed by atoms with Gasteiger partial charge in [0.05, 0.1) is 6.20 Å². The van der Waals surface area contributed by atoms with Crippen molar-refractivity contribution in [2.45, 2.75) is 0 Å². The van der Waals surface area contributed by atoms with E-state index in [2.05, 4.69) is 31.0 Å². The Balaban J connectivity index is 2.58. The fourth-order valence-corrected chi connectivity index (χ4v) is 1.46. The van der Waals surface area contributed by atoms with Crippen LogP contribution >= 0.6 is 15.9 Å². The van der Waals surface area contributed by atoms with Crippen LogP contribution in [0.15, 0.2) is 29.3 Å². The van der Waals surface area contributed by atoms with Crippen molar-refractivity contribution < 1.29 is 9.90 Å². The summed E-state index contributed by atoms with van der Waals surface area (Å²) in [7, 11) is 0. The van der Waals surface area contributed by atoms with Crippen molar-refractivity contribution in [1.82, 2.24) is 19.7 Å². The predicted octanol–water partition coefficient (Wildman–Crippen LogP) is 1.12. The lowest BCUT2D eigenvalue weighted by Crippen LogP contribution is -2.09. The second-order valence-electron chi connectivity index (χ2n) is 2.63. The zero-order valence-electron chi connectivity index (χ0n) is 7.33. The van der Waals surface area contributed by atoms with Crippen molar-refractivity contribution in [3.8, 4) is 5.82 Å². The average molecular weight is 269 g/mol. The first-order valence-corrected chi connectivity index (χ1v) is 4.73. The first-order valence-electron chi connectivity index (χ1n) is 3.94. The molecule has 0 saturated carbocycles. The standard InChI is InChI=1S/C8H5BrN4O2/c9-6-3-5(8(14)15)13(12-6)7-4-10-1-2-11-7/h1-4H,(H,14,15). The Kier molecular flexibility index (Phi) is 2.46. The SMILES string of the molecule is O=C(O)c1cc(Br)nn1-c1cnccn1. The van der Waals surface area contributed by atoms with Gasteiger partial charge in [-0.3, -0.25) is 4.98 Å². The minimum atomic E-state index is -1.07. The number of carbonyl (C=O) groups is 1. The molecular weight excluding hydrogens is 264 g/mol. The lowest BCUT2D eigenvalue weighted by Gasteiger charge is -2.00. The molecule has 2 aromatic heterocycles. The third-order valence-electron chi connectivity index (χ3n) is 1.67. The van der Waals surface area contributed by atoms with Crippen molar-refractivity contribution in [3.05, 3.63) is 35.0 Å². The molecule has 0 aliphatic carbocycles. The monoisotopic (exact) mass is 268 g/mol. The van der Waals surface area contributed by atoms with Gasteiger partial charge in [-0.25, -0.2) is 14.5 Å². The Morgan fingerprint density at radius 3 is 2.87 bits per heavy atom. The molecule has 0 saturated heterocycles. The largest absolute Gasteiger partial charge is 0.477 e. The van der Waals surface area contributed by atoms with E-state index in [1.165, 1.54) is 29.3 Å². The highest BCUT2D eigenvalue weighted by atomic mass is 79.9. The molecule has 0 radical (unpaired) electrons. The first kappa shape index (κ1) is 9.78. The van der Waals surface area contributed by atoms with Crippen LogP contribution in [0.2, 0.25) is 0 Å². The third-order valence-corrected chi connectivity index (χ3v) is 2.05. The maximum atomic E-state index is 10.9. The molecule has 0 aliphatic rings. The molecule has 2 heterocycles. The van der Waals surface area contributed by atoms with Gasteiger partial charge in [0.2, 0.25) is 0 Å². The highest BCUT2D eigenvalue weighted by molar-refractivity contribution is 9.10. The first-order chi connectivity index (χ1) is 7.18. The van der Waals surface area contributed by atoms with E-state index < -0.39 is 5.97 Å². The topological polar surface area (TPSA) is 80.9 Å². The third kappa shape index (κ3) is 1.86. The van der Waals surface area contributed by atoms with Gasteiger partial charge in [-0.2, -0.15) is 5.10 Å². The molecule has 0 unspecified atom stereocenters. The molecule has 6 nitrogen and oxygen atoms in total. The molecule has 2 aromatic rings. The minimum absolute atomic E-state index is 0.0300. The van der Waals surface area contributed by atoms with E-state index in [1.807, 2.05) is 0 Å². The molecule has 15 heavy (non-hydrogen) atoms. The van der Waals surface area contributed by atoms with Crippen LogP contribution in [0.1, 0.15) is 10.5 Å². The quantitative estimate of drug-likeness (QED) is 0.883. The van der Waals surface area contributed by atoms with Crippen LogP contribution in [0, 0.1) is 0 Å². The summed E-state index contributed by atoms with van der Waals surface area (Å²) in [5.74, 6) is -0.709. The van der Waals surface area contributed by atoms with Crippen LogP contribution in [0.3, 0.4) is 0 Å². The number of halogens is 1. The Morgan fingerprint density at radius 1 is 1.47 bits per heavy atom. The smallest absolute Gasteiger partial charge is 0.354 e. The number of nitrogens with zero attached hydrogens (tertiary/aromatic N) is 4. The van der Waals surface area contributed by atoms with Crippen LogP contribution in [-0.2, 0) is 0 Å². The Bertz CT molecular complexity index is 497. The number of carboxylic acid groups (broad SMARTS) is 1. The normalized spacial score (nSPS) is 10.2. The van der Waals surface area contributed by atoms with Gasteiger partial charge < -0.3 is 5.11 Å².